The molecule has 10 heteroatoms. The van der Waals surface area contributed by atoms with Gasteiger partial charge in [0.05, 0.1) is 25.1 Å². The van der Waals surface area contributed by atoms with E-state index in [1.807, 2.05) is 36.6 Å². The van der Waals surface area contributed by atoms with Crippen LogP contribution in [-0.4, -0.2) is 39.4 Å². The first kappa shape index (κ1) is 25.9. The molecule has 0 spiro atoms. The van der Waals surface area contributed by atoms with E-state index in [1.165, 1.54) is 36.0 Å². The standard InChI is InChI=1S/C27H26FN5O3S/c1-17-4-5-18(2)23(14-17)33-24(15-29-26(35)19-6-12-22(36-3)13-7-19)31-32-27(33)37-16-25(34)30-21-10-8-20(28)9-11-21/h4-14H,15-16H2,1-3H3,(H,29,35)(H,30,34). The topological polar surface area (TPSA) is 98.1 Å². The number of rotatable bonds is 9. The van der Waals surface area contributed by atoms with E-state index in [0.717, 1.165) is 16.8 Å². The van der Waals surface area contributed by atoms with Crippen LogP contribution in [0, 0.1) is 19.7 Å². The molecule has 0 radical (unpaired) electrons. The van der Waals surface area contributed by atoms with Crippen LogP contribution >= 0.6 is 11.8 Å². The number of ether oxygens (including phenoxy) is 1. The summed E-state index contributed by atoms with van der Waals surface area (Å²) in [5, 5.41) is 14.8. The minimum atomic E-state index is -0.374. The van der Waals surface area contributed by atoms with Crippen molar-refractivity contribution in [3.63, 3.8) is 0 Å². The molecular weight excluding hydrogens is 493 g/mol. The molecule has 0 aliphatic rings. The molecule has 4 rings (SSSR count). The van der Waals surface area contributed by atoms with E-state index in [1.54, 1.807) is 31.4 Å². The van der Waals surface area contributed by atoms with Crippen LogP contribution in [0.5, 0.6) is 5.75 Å². The van der Waals surface area contributed by atoms with Crippen LogP contribution in [0.15, 0.2) is 71.9 Å². The van der Waals surface area contributed by atoms with Crippen LogP contribution in [0.3, 0.4) is 0 Å². The van der Waals surface area contributed by atoms with E-state index < -0.39 is 0 Å². The molecule has 3 aromatic carbocycles. The Labute approximate surface area is 218 Å². The number of hydrogen-bond acceptors (Lipinski definition) is 6. The number of benzene rings is 3. The predicted molar refractivity (Wildman–Crippen MR) is 141 cm³/mol. The summed E-state index contributed by atoms with van der Waals surface area (Å²) in [7, 11) is 1.57. The second kappa shape index (κ2) is 11.7. The zero-order valence-electron chi connectivity index (χ0n) is 20.6. The van der Waals surface area contributed by atoms with Crippen LogP contribution < -0.4 is 15.4 Å². The minimum absolute atomic E-state index is 0.0680. The molecule has 4 aromatic rings. The molecule has 0 aliphatic carbocycles. The molecular formula is C27H26FN5O3S. The normalized spacial score (nSPS) is 10.7. The number of thioether (sulfide) groups is 1. The van der Waals surface area contributed by atoms with E-state index in [9.17, 15) is 14.0 Å². The third-order valence-electron chi connectivity index (χ3n) is 5.53. The zero-order valence-corrected chi connectivity index (χ0v) is 21.4. The van der Waals surface area contributed by atoms with Gasteiger partial charge in [-0.25, -0.2) is 4.39 Å². The van der Waals surface area contributed by atoms with Crippen molar-refractivity contribution < 1.29 is 18.7 Å². The van der Waals surface area contributed by atoms with E-state index in [4.69, 9.17) is 4.74 Å². The number of aryl methyl sites for hydroxylation is 2. The highest BCUT2D eigenvalue weighted by Gasteiger charge is 2.18. The van der Waals surface area contributed by atoms with Gasteiger partial charge < -0.3 is 15.4 Å². The summed E-state index contributed by atoms with van der Waals surface area (Å²) in [6.07, 6.45) is 0. The quantitative estimate of drug-likeness (QED) is 0.311. The van der Waals surface area contributed by atoms with Gasteiger partial charge in [0.2, 0.25) is 5.91 Å². The van der Waals surface area contributed by atoms with Gasteiger partial charge in [-0.1, -0.05) is 23.9 Å². The molecule has 0 saturated carbocycles. The highest BCUT2D eigenvalue weighted by Crippen LogP contribution is 2.25. The number of aromatic nitrogens is 3. The minimum Gasteiger partial charge on any atom is -0.497 e. The highest BCUT2D eigenvalue weighted by atomic mass is 32.2. The van der Waals surface area contributed by atoms with Crippen molar-refractivity contribution >= 4 is 29.3 Å². The lowest BCUT2D eigenvalue weighted by molar-refractivity contribution is -0.113. The largest absolute Gasteiger partial charge is 0.497 e. The summed E-state index contributed by atoms with van der Waals surface area (Å²) in [4.78, 5) is 25.2. The van der Waals surface area contributed by atoms with Gasteiger partial charge in [-0.3, -0.25) is 14.2 Å². The second-order valence-corrected chi connectivity index (χ2v) is 9.22. The van der Waals surface area contributed by atoms with Gasteiger partial charge in [-0.05, 0) is 79.6 Å². The summed E-state index contributed by atoms with van der Waals surface area (Å²) >= 11 is 1.22. The van der Waals surface area contributed by atoms with Gasteiger partial charge in [0.25, 0.3) is 5.91 Å². The SMILES string of the molecule is COc1ccc(C(=O)NCc2nnc(SCC(=O)Nc3ccc(F)cc3)n2-c2cc(C)ccc2C)cc1. The number of carbonyl (C=O) groups is 2. The molecule has 2 amide bonds. The Balaban J connectivity index is 1.52. The van der Waals surface area contributed by atoms with Crippen molar-refractivity contribution in [2.45, 2.75) is 25.5 Å². The van der Waals surface area contributed by atoms with Gasteiger partial charge in [0.1, 0.15) is 11.6 Å². The van der Waals surface area contributed by atoms with E-state index in [-0.39, 0.29) is 29.9 Å². The highest BCUT2D eigenvalue weighted by molar-refractivity contribution is 7.99. The number of nitrogens with zero attached hydrogens (tertiary/aromatic N) is 3. The van der Waals surface area contributed by atoms with Crippen LogP contribution in [0.4, 0.5) is 10.1 Å². The Morgan fingerprint density at radius 1 is 1.00 bits per heavy atom. The Morgan fingerprint density at radius 3 is 2.43 bits per heavy atom. The lowest BCUT2D eigenvalue weighted by Crippen LogP contribution is -2.24. The smallest absolute Gasteiger partial charge is 0.251 e. The predicted octanol–water partition coefficient (Wildman–Crippen LogP) is 4.69. The summed E-state index contributed by atoms with van der Waals surface area (Å²) in [6.45, 7) is 4.10. The van der Waals surface area contributed by atoms with Gasteiger partial charge in [-0.2, -0.15) is 0 Å². The molecule has 8 nitrogen and oxygen atoms in total. The van der Waals surface area contributed by atoms with Crippen molar-refractivity contribution in [3.05, 3.63) is 95.1 Å². The van der Waals surface area contributed by atoms with E-state index in [2.05, 4.69) is 20.8 Å². The maximum absolute atomic E-state index is 13.1. The summed E-state index contributed by atoms with van der Waals surface area (Å²) in [6, 6.07) is 18.4. The van der Waals surface area contributed by atoms with Gasteiger partial charge in [0, 0.05) is 11.3 Å². The zero-order chi connectivity index (χ0) is 26.4. The number of nitrogens with one attached hydrogen (secondary N) is 2. The van der Waals surface area contributed by atoms with Crippen molar-refractivity contribution in [2.24, 2.45) is 0 Å². The van der Waals surface area contributed by atoms with E-state index in [0.29, 0.717) is 28.0 Å². The number of carbonyl (C=O) groups excluding carboxylic acids is 2. The van der Waals surface area contributed by atoms with Gasteiger partial charge in [0.15, 0.2) is 11.0 Å². The van der Waals surface area contributed by atoms with Crippen molar-refractivity contribution in [1.82, 2.24) is 20.1 Å². The fourth-order valence-corrected chi connectivity index (χ4v) is 4.34. The number of halogens is 1. The number of methoxy groups -OCH3 is 1. The molecule has 1 aromatic heterocycles. The molecule has 190 valence electrons. The van der Waals surface area contributed by atoms with Crippen molar-refractivity contribution in [2.75, 3.05) is 18.2 Å². The second-order valence-electron chi connectivity index (χ2n) is 8.28. The monoisotopic (exact) mass is 519 g/mol. The molecule has 37 heavy (non-hydrogen) atoms. The summed E-state index contributed by atoms with van der Waals surface area (Å²) in [5.41, 5.74) is 3.90. The van der Waals surface area contributed by atoms with Crippen LogP contribution in [0.1, 0.15) is 27.3 Å². The fraction of sp³-hybridized carbons (Fsp3) is 0.185. The summed E-state index contributed by atoms with van der Waals surface area (Å²) in [5.74, 6) is 0.361. The average molecular weight is 520 g/mol. The molecule has 0 bridgehead atoms. The Kier molecular flexibility index (Phi) is 8.19. The summed E-state index contributed by atoms with van der Waals surface area (Å²) < 4.78 is 20.1. The number of anilines is 1. The fourth-order valence-electron chi connectivity index (χ4n) is 3.57. The first-order chi connectivity index (χ1) is 17.8. The van der Waals surface area contributed by atoms with Gasteiger partial charge >= 0.3 is 0 Å². The number of hydrogen-bond donors (Lipinski definition) is 2. The first-order valence-corrected chi connectivity index (χ1v) is 12.4. The Bertz CT molecular complexity index is 1400. The van der Waals surface area contributed by atoms with Crippen LogP contribution in [0.25, 0.3) is 5.69 Å². The molecule has 2 N–H and O–H groups in total. The molecule has 1 heterocycles. The average Bonchev–Trinajstić information content (AvgIpc) is 3.31. The van der Waals surface area contributed by atoms with Crippen LogP contribution in [-0.2, 0) is 11.3 Å². The first-order valence-electron chi connectivity index (χ1n) is 11.5. The molecule has 0 fully saturated rings. The molecule has 0 aliphatic heterocycles. The lowest BCUT2D eigenvalue weighted by Gasteiger charge is -2.14. The maximum Gasteiger partial charge on any atom is 0.251 e. The van der Waals surface area contributed by atoms with Crippen LogP contribution in [0.2, 0.25) is 0 Å². The Morgan fingerprint density at radius 2 is 1.73 bits per heavy atom. The lowest BCUT2D eigenvalue weighted by atomic mass is 10.1. The number of amides is 2. The van der Waals surface area contributed by atoms with E-state index >= 15 is 0 Å². The maximum atomic E-state index is 13.1. The van der Waals surface area contributed by atoms with Crippen molar-refractivity contribution in [3.8, 4) is 11.4 Å². The molecule has 0 unspecified atom stereocenters. The third kappa shape index (κ3) is 6.53. The van der Waals surface area contributed by atoms with Crippen molar-refractivity contribution in [1.29, 1.82) is 0 Å². The van der Waals surface area contributed by atoms with Gasteiger partial charge in [-0.15, -0.1) is 10.2 Å². The Hall–Kier alpha value is -4.18. The molecule has 0 saturated heterocycles. The molecule has 0 atom stereocenters. The third-order valence-corrected chi connectivity index (χ3v) is 6.45.